The van der Waals surface area contributed by atoms with Crippen LogP contribution in [0.1, 0.15) is 106 Å². The molecule has 21 heteroatoms. The molecule has 0 amide bonds. The van der Waals surface area contributed by atoms with Crippen LogP contribution in [0, 0.1) is 50.2 Å². The van der Waals surface area contributed by atoms with Crippen molar-refractivity contribution in [3.8, 4) is 0 Å². The second-order valence-corrected chi connectivity index (χ2v) is 22.6. The molecule has 5 aliphatic carbocycles. The number of esters is 1. The van der Waals surface area contributed by atoms with Gasteiger partial charge in [0.05, 0.1) is 23.5 Å². The number of aliphatic hydroxyl groups is 6. The summed E-state index contributed by atoms with van der Waals surface area (Å²) in [6, 6.07) is 0. The van der Waals surface area contributed by atoms with Gasteiger partial charge in [0.25, 0.3) is 0 Å². The SMILES string of the molecule is CC1(C)CCC2(C(=O)OC3OC(CO)C(O)C(O)C3O)CCC3(C)C(=CCC4C5(C)CCC(OC6OC(C(=O)O)C7OC(O)(C(=O)O)C(OCC(=O)O)OC7C6O)C(C)(C=O)C5CCC43C)C2C1. The number of carbonyl (C=O) groups is 5. The van der Waals surface area contributed by atoms with E-state index >= 15 is 0 Å². The summed E-state index contributed by atoms with van der Waals surface area (Å²) in [7, 11) is 0. The Morgan fingerprint density at radius 1 is 0.794 bits per heavy atom. The predicted octanol–water partition coefficient (Wildman–Crippen LogP) is 0.850. The van der Waals surface area contributed by atoms with Crippen LogP contribution in [0.15, 0.2) is 11.6 Å². The van der Waals surface area contributed by atoms with Gasteiger partial charge in [-0.25, -0.2) is 14.4 Å². The van der Waals surface area contributed by atoms with Crippen LogP contribution < -0.4 is 0 Å². The van der Waals surface area contributed by atoms with Gasteiger partial charge < -0.3 is 83.9 Å². The molecule has 0 radical (unpaired) electrons. The first kappa shape index (κ1) is 51.2. The normalized spacial score (nSPS) is 50.6. The monoisotopic (exact) mass is 968 g/mol. The zero-order valence-corrected chi connectivity index (χ0v) is 39.2. The Morgan fingerprint density at radius 2 is 1.49 bits per heavy atom. The number of hydrogen-bond acceptors (Lipinski definition) is 18. The van der Waals surface area contributed by atoms with E-state index < -0.39 is 138 Å². The molecule has 0 aromatic rings. The first-order chi connectivity index (χ1) is 31.7. The van der Waals surface area contributed by atoms with Gasteiger partial charge in [-0.05, 0) is 104 Å². The number of aliphatic hydroxyl groups excluding tert-OH is 5. The summed E-state index contributed by atoms with van der Waals surface area (Å²) in [5.74, 6) is -9.71. The molecule has 4 saturated carbocycles. The second-order valence-electron chi connectivity index (χ2n) is 22.6. The number of aliphatic carboxylic acids is 3. The van der Waals surface area contributed by atoms with Gasteiger partial charge >= 0.3 is 29.7 Å². The van der Waals surface area contributed by atoms with Crippen molar-refractivity contribution in [1.29, 1.82) is 0 Å². The number of allylic oxidation sites excluding steroid dienone is 2. The summed E-state index contributed by atoms with van der Waals surface area (Å²) in [5, 5.41) is 93.2. The van der Waals surface area contributed by atoms with E-state index in [0.29, 0.717) is 51.4 Å². The molecular formula is C47H68O21. The van der Waals surface area contributed by atoms with Crippen LogP contribution in [0.5, 0.6) is 0 Å². The smallest absolute Gasteiger partial charge is 0.369 e. The molecule has 3 heterocycles. The molecule has 3 aliphatic heterocycles. The Balaban J connectivity index is 1.05. The molecule has 9 N–H and O–H groups in total. The van der Waals surface area contributed by atoms with E-state index in [-0.39, 0.29) is 35.0 Å². The maximum Gasteiger partial charge on any atom is 0.369 e. The Bertz CT molecular complexity index is 2040. The molecule has 21 unspecified atom stereocenters. The first-order valence-corrected chi connectivity index (χ1v) is 23.7. The maximum absolute atomic E-state index is 14.7. The van der Waals surface area contributed by atoms with E-state index in [1.54, 1.807) is 6.92 Å². The van der Waals surface area contributed by atoms with E-state index in [4.69, 9.17) is 38.3 Å². The predicted molar refractivity (Wildman–Crippen MR) is 226 cm³/mol. The molecule has 0 bridgehead atoms. The molecule has 7 fully saturated rings. The topological polar surface area (TPSA) is 332 Å². The van der Waals surface area contributed by atoms with E-state index in [9.17, 15) is 64.8 Å². The van der Waals surface area contributed by atoms with Crippen LogP contribution >= 0.6 is 0 Å². The van der Waals surface area contributed by atoms with Gasteiger partial charge in [0, 0.05) is 0 Å². The van der Waals surface area contributed by atoms with Gasteiger partial charge in [-0.1, -0.05) is 53.2 Å². The van der Waals surface area contributed by atoms with Crippen LogP contribution in [0.2, 0.25) is 0 Å². The van der Waals surface area contributed by atoms with Gasteiger partial charge in [0.15, 0.2) is 12.4 Å². The zero-order chi connectivity index (χ0) is 49.9. The molecule has 382 valence electrons. The molecule has 68 heavy (non-hydrogen) atoms. The molecule has 0 spiro atoms. The van der Waals surface area contributed by atoms with Crippen LogP contribution in [-0.2, 0) is 57.1 Å². The first-order valence-electron chi connectivity index (χ1n) is 23.7. The zero-order valence-electron chi connectivity index (χ0n) is 39.2. The highest BCUT2D eigenvalue weighted by Gasteiger charge is 2.71. The highest BCUT2D eigenvalue weighted by molar-refractivity contribution is 5.79. The van der Waals surface area contributed by atoms with Crippen molar-refractivity contribution in [3.05, 3.63) is 11.6 Å². The molecule has 0 aromatic carbocycles. The summed E-state index contributed by atoms with van der Waals surface area (Å²) in [6.07, 6.45) is -11.6. The third-order valence-corrected chi connectivity index (χ3v) is 18.7. The minimum atomic E-state index is -3.39. The maximum atomic E-state index is 14.7. The molecule has 8 aliphatic rings. The van der Waals surface area contributed by atoms with E-state index in [1.165, 1.54) is 5.57 Å². The van der Waals surface area contributed by atoms with Gasteiger partial charge in [0.1, 0.15) is 55.6 Å². The summed E-state index contributed by atoms with van der Waals surface area (Å²) in [6.45, 7) is 11.2. The summed E-state index contributed by atoms with van der Waals surface area (Å²) in [4.78, 5) is 64.2. The number of fused-ring (bicyclic) bond motifs is 8. The van der Waals surface area contributed by atoms with Crippen LogP contribution in [0.25, 0.3) is 0 Å². The lowest BCUT2D eigenvalue weighted by Gasteiger charge is -2.71. The van der Waals surface area contributed by atoms with Crippen molar-refractivity contribution in [3.63, 3.8) is 0 Å². The van der Waals surface area contributed by atoms with Crippen molar-refractivity contribution >= 4 is 30.2 Å². The van der Waals surface area contributed by atoms with Crippen molar-refractivity contribution in [1.82, 2.24) is 0 Å². The molecule has 21 nitrogen and oxygen atoms in total. The van der Waals surface area contributed by atoms with Gasteiger partial charge in [-0.3, -0.25) is 4.79 Å². The average Bonchev–Trinajstić information content (AvgIpc) is 3.27. The van der Waals surface area contributed by atoms with Crippen molar-refractivity contribution in [2.75, 3.05) is 13.2 Å². The third-order valence-electron chi connectivity index (χ3n) is 18.7. The van der Waals surface area contributed by atoms with Gasteiger partial charge in [-0.2, -0.15) is 0 Å². The number of ether oxygens (including phenoxy) is 7. The number of carboxylic acids is 3. The van der Waals surface area contributed by atoms with Crippen molar-refractivity contribution in [2.45, 2.75) is 185 Å². The Kier molecular flexibility index (Phi) is 13.2. The fourth-order valence-electron chi connectivity index (χ4n) is 14.6. The highest BCUT2D eigenvalue weighted by atomic mass is 16.8. The lowest BCUT2D eigenvalue weighted by molar-refractivity contribution is -0.435. The van der Waals surface area contributed by atoms with Crippen LogP contribution in [0.3, 0.4) is 0 Å². The lowest BCUT2D eigenvalue weighted by Crippen LogP contribution is -2.72. The van der Waals surface area contributed by atoms with E-state index in [2.05, 4.69) is 40.7 Å². The minimum Gasteiger partial charge on any atom is -0.480 e. The van der Waals surface area contributed by atoms with Gasteiger partial charge in [0.2, 0.25) is 12.6 Å². The quantitative estimate of drug-likeness (QED) is 0.0600. The fourth-order valence-corrected chi connectivity index (χ4v) is 14.6. The lowest BCUT2D eigenvalue weighted by atomic mass is 9.33. The number of rotatable bonds is 11. The number of carboxylic acid groups (broad SMARTS) is 3. The summed E-state index contributed by atoms with van der Waals surface area (Å²) in [5.41, 5.74) is -2.30. The van der Waals surface area contributed by atoms with E-state index in [0.717, 1.165) is 12.7 Å². The Morgan fingerprint density at radius 3 is 2.12 bits per heavy atom. The Hall–Kier alpha value is -3.19. The number of hydrogen-bond donors (Lipinski definition) is 9. The molecule has 0 aromatic heterocycles. The highest BCUT2D eigenvalue weighted by Crippen LogP contribution is 2.76. The molecule has 8 rings (SSSR count). The molecular weight excluding hydrogens is 900 g/mol. The fraction of sp³-hybridized carbons (Fsp3) is 0.851. The molecule has 3 saturated heterocycles. The minimum absolute atomic E-state index is 0.0464. The third kappa shape index (κ3) is 7.68. The van der Waals surface area contributed by atoms with Crippen molar-refractivity contribution in [2.24, 2.45) is 50.2 Å². The van der Waals surface area contributed by atoms with Crippen molar-refractivity contribution < 1.29 is 103 Å². The van der Waals surface area contributed by atoms with E-state index in [1.807, 2.05) is 0 Å². The largest absolute Gasteiger partial charge is 0.480 e. The second kappa shape index (κ2) is 17.5. The van der Waals surface area contributed by atoms with Gasteiger partial charge in [-0.15, -0.1) is 0 Å². The average molecular weight is 969 g/mol. The van der Waals surface area contributed by atoms with Crippen LogP contribution in [0.4, 0.5) is 0 Å². The molecule has 21 atom stereocenters. The summed E-state index contributed by atoms with van der Waals surface area (Å²) >= 11 is 0. The summed E-state index contributed by atoms with van der Waals surface area (Å²) < 4.78 is 39.6. The standard InChI is InChI=1S/C47H68O21/c1-41(2)13-15-46(39(60)67-36-30(54)29(53)28(52)23(18-48)63-36)16-14-44(5)21(22(46)17-41)7-8-25-42(3)11-10-26(43(4,20-49)24(42)9-12-45(25,44)6)64-37-31(55)32-33(34(65-37)35(56)57)68-47(61,38(58)59)40(66-32)62-19-27(50)51/h7,20,22-26,28-34,36-37,40,48,52-55,61H,8-19H2,1-6H3,(H,50,51)(H,56,57)(H,58,59). The van der Waals surface area contributed by atoms with Crippen LogP contribution in [-0.4, -0.2) is 169 Å². The number of carbonyl (C=O) groups excluding carboxylic acids is 2. The number of aldehydes is 1. The Labute approximate surface area is 393 Å².